The molecule has 1 amide bonds. The van der Waals surface area contributed by atoms with E-state index in [2.05, 4.69) is 19.2 Å². The van der Waals surface area contributed by atoms with Gasteiger partial charge in [0, 0.05) is 25.7 Å². The third-order valence-electron chi connectivity index (χ3n) is 3.67. The molecule has 1 atom stereocenters. The van der Waals surface area contributed by atoms with Crippen LogP contribution in [0.2, 0.25) is 0 Å². The summed E-state index contributed by atoms with van der Waals surface area (Å²) in [5, 5.41) is 3.45. The predicted octanol–water partition coefficient (Wildman–Crippen LogP) is 2.82. The van der Waals surface area contributed by atoms with Gasteiger partial charge >= 0.3 is 0 Å². The van der Waals surface area contributed by atoms with Crippen LogP contribution in [0, 0.1) is 0 Å². The lowest BCUT2D eigenvalue weighted by atomic mass is 10.2. The molecule has 0 heterocycles. The Labute approximate surface area is 128 Å². The largest absolute Gasteiger partial charge is 0.484 e. The first kappa shape index (κ1) is 17.5. The van der Waals surface area contributed by atoms with Gasteiger partial charge in [-0.2, -0.15) is 0 Å². The van der Waals surface area contributed by atoms with E-state index < -0.39 is 0 Å². The van der Waals surface area contributed by atoms with Crippen LogP contribution >= 0.6 is 0 Å². The maximum absolute atomic E-state index is 11.8. The van der Waals surface area contributed by atoms with E-state index in [1.54, 1.807) is 4.90 Å². The molecule has 0 saturated carbocycles. The Morgan fingerprint density at radius 1 is 1.19 bits per heavy atom. The fourth-order valence-corrected chi connectivity index (χ4v) is 1.95. The van der Waals surface area contributed by atoms with Gasteiger partial charge in [0.25, 0.3) is 5.91 Å². The van der Waals surface area contributed by atoms with Crippen molar-refractivity contribution in [2.24, 2.45) is 0 Å². The van der Waals surface area contributed by atoms with Gasteiger partial charge in [-0.25, -0.2) is 0 Å². The third kappa shape index (κ3) is 6.17. The third-order valence-corrected chi connectivity index (χ3v) is 3.67. The van der Waals surface area contributed by atoms with Gasteiger partial charge in [-0.05, 0) is 44.9 Å². The molecule has 0 aliphatic carbocycles. The van der Waals surface area contributed by atoms with Gasteiger partial charge in [-0.3, -0.25) is 4.79 Å². The molecule has 4 heteroatoms. The Balaban J connectivity index is 2.42. The average Bonchev–Trinajstić information content (AvgIpc) is 2.52. The van der Waals surface area contributed by atoms with Crippen LogP contribution in [0.4, 0.5) is 0 Å². The summed E-state index contributed by atoms with van der Waals surface area (Å²) in [4.78, 5) is 13.6. The van der Waals surface area contributed by atoms with Gasteiger partial charge in [0.15, 0.2) is 6.61 Å². The zero-order valence-electron chi connectivity index (χ0n) is 13.7. The Bertz CT molecular complexity index is 413. The summed E-state index contributed by atoms with van der Waals surface area (Å²) in [6.45, 7) is 10.7. The lowest BCUT2D eigenvalue weighted by Crippen LogP contribution is -2.34. The molecule has 0 radical (unpaired) electrons. The van der Waals surface area contributed by atoms with Gasteiger partial charge in [-0.1, -0.05) is 19.1 Å². The van der Waals surface area contributed by atoms with Gasteiger partial charge in [0.1, 0.15) is 5.75 Å². The lowest BCUT2D eigenvalue weighted by molar-refractivity contribution is -0.132. The molecule has 0 fully saturated rings. The van der Waals surface area contributed by atoms with E-state index >= 15 is 0 Å². The Morgan fingerprint density at radius 3 is 2.33 bits per heavy atom. The first-order valence-electron chi connectivity index (χ1n) is 7.83. The summed E-state index contributed by atoms with van der Waals surface area (Å²) in [6, 6.07) is 8.43. The van der Waals surface area contributed by atoms with E-state index in [1.807, 2.05) is 38.1 Å². The monoisotopic (exact) mass is 292 g/mol. The number of amides is 1. The number of benzene rings is 1. The Hall–Kier alpha value is -1.55. The molecule has 0 aliphatic heterocycles. The maximum Gasteiger partial charge on any atom is 0.260 e. The van der Waals surface area contributed by atoms with Gasteiger partial charge in [-0.15, -0.1) is 0 Å². The molecular weight excluding hydrogens is 264 g/mol. The highest BCUT2D eigenvalue weighted by Crippen LogP contribution is 2.12. The van der Waals surface area contributed by atoms with Crippen LogP contribution in [0.1, 0.15) is 39.7 Å². The minimum absolute atomic E-state index is 0.0301. The minimum atomic E-state index is 0.0301. The molecule has 1 unspecified atom stereocenters. The van der Waals surface area contributed by atoms with Crippen molar-refractivity contribution in [3.63, 3.8) is 0 Å². The lowest BCUT2D eigenvalue weighted by Gasteiger charge is -2.18. The van der Waals surface area contributed by atoms with Crippen molar-refractivity contribution in [2.75, 3.05) is 19.7 Å². The molecule has 118 valence electrons. The van der Waals surface area contributed by atoms with E-state index in [0.29, 0.717) is 6.04 Å². The van der Waals surface area contributed by atoms with Crippen LogP contribution < -0.4 is 10.1 Å². The summed E-state index contributed by atoms with van der Waals surface area (Å²) < 4.78 is 5.54. The zero-order chi connectivity index (χ0) is 15.7. The standard InChI is InChI=1S/C17H28N2O2/c1-5-14(4)18-12-15-8-10-16(11-9-15)21-13-17(20)19(6-2)7-3/h8-11,14,18H,5-7,12-13H2,1-4H3. The van der Waals surface area contributed by atoms with Crippen molar-refractivity contribution in [1.82, 2.24) is 10.2 Å². The topological polar surface area (TPSA) is 41.6 Å². The summed E-state index contributed by atoms with van der Waals surface area (Å²) in [5.41, 5.74) is 1.22. The Morgan fingerprint density at radius 2 is 1.81 bits per heavy atom. The van der Waals surface area contributed by atoms with Gasteiger partial charge in [0.05, 0.1) is 0 Å². The van der Waals surface area contributed by atoms with Crippen molar-refractivity contribution in [2.45, 2.75) is 46.7 Å². The number of rotatable bonds is 9. The Kier molecular flexibility index (Phi) is 7.83. The molecule has 0 aliphatic rings. The maximum atomic E-state index is 11.8. The second-order valence-corrected chi connectivity index (χ2v) is 5.19. The van der Waals surface area contributed by atoms with E-state index in [-0.39, 0.29) is 12.5 Å². The number of nitrogens with zero attached hydrogens (tertiary/aromatic N) is 1. The molecule has 0 spiro atoms. The fourth-order valence-electron chi connectivity index (χ4n) is 1.95. The molecule has 21 heavy (non-hydrogen) atoms. The zero-order valence-corrected chi connectivity index (χ0v) is 13.7. The number of carbonyl (C=O) groups is 1. The van der Waals surface area contributed by atoms with Crippen LogP contribution in [-0.2, 0) is 11.3 Å². The van der Waals surface area contributed by atoms with E-state index in [4.69, 9.17) is 4.74 Å². The molecule has 1 aromatic carbocycles. The normalized spacial score (nSPS) is 12.0. The van der Waals surface area contributed by atoms with Crippen LogP contribution in [0.5, 0.6) is 5.75 Å². The average molecular weight is 292 g/mol. The van der Waals surface area contributed by atoms with Gasteiger partial charge < -0.3 is 15.0 Å². The highest BCUT2D eigenvalue weighted by atomic mass is 16.5. The number of hydrogen-bond acceptors (Lipinski definition) is 3. The molecule has 1 rings (SSSR count). The number of likely N-dealkylation sites (N-methyl/N-ethyl adjacent to an activating group) is 1. The van der Waals surface area contributed by atoms with Gasteiger partial charge in [0.2, 0.25) is 0 Å². The van der Waals surface area contributed by atoms with Crippen LogP contribution in [0.3, 0.4) is 0 Å². The first-order valence-corrected chi connectivity index (χ1v) is 7.83. The van der Waals surface area contributed by atoms with E-state index in [9.17, 15) is 4.79 Å². The molecule has 0 aromatic heterocycles. The predicted molar refractivity (Wildman–Crippen MR) is 86.5 cm³/mol. The van der Waals surface area contributed by atoms with Crippen LogP contribution in [-0.4, -0.2) is 36.5 Å². The molecule has 4 nitrogen and oxygen atoms in total. The highest BCUT2D eigenvalue weighted by Gasteiger charge is 2.09. The second kappa shape index (κ2) is 9.40. The molecule has 0 bridgehead atoms. The van der Waals surface area contributed by atoms with Crippen molar-refractivity contribution < 1.29 is 9.53 Å². The van der Waals surface area contributed by atoms with Crippen molar-refractivity contribution in [3.8, 4) is 5.75 Å². The van der Waals surface area contributed by atoms with Crippen LogP contribution in [0.25, 0.3) is 0 Å². The number of ether oxygens (including phenoxy) is 1. The molecule has 1 N–H and O–H groups in total. The number of hydrogen-bond donors (Lipinski definition) is 1. The smallest absolute Gasteiger partial charge is 0.260 e. The molecular formula is C17H28N2O2. The first-order chi connectivity index (χ1) is 10.1. The molecule has 1 aromatic rings. The SMILES string of the molecule is CCC(C)NCc1ccc(OCC(=O)N(CC)CC)cc1. The minimum Gasteiger partial charge on any atom is -0.484 e. The van der Waals surface area contributed by atoms with E-state index in [1.165, 1.54) is 5.56 Å². The highest BCUT2D eigenvalue weighted by molar-refractivity contribution is 5.77. The molecule has 0 saturated heterocycles. The summed E-state index contributed by atoms with van der Waals surface area (Å²) in [7, 11) is 0. The number of carbonyl (C=O) groups excluding carboxylic acids is 1. The quantitative estimate of drug-likeness (QED) is 0.761. The number of nitrogens with one attached hydrogen (secondary N) is 1. The van der Waals surface area contributed by atoms with Crippen LogP contribution in [0.15, 0.2) is 24.3 Å². The van der Waals surface area contributed by atoms with E-state index in [0.717, 1.165) is 31.8 Å². The second-order valence-electron chi connectivity index (χ2n) is 5.19. The summed E-state index contributed by atoms with van der Waals surface area (Å²) in [6.07, 6.45) is 1.12. The summed E-state index contributed by atoms with van der Waals surface area (Å²) in [5.74, 6) is 0.769. The van der Waals surface area contributed by atoms with Crippen molar-refractivity contribution in [3.05, 3.63) is 29.8 Å². The summed E-state index contributed by atoms with van der Waals surface area (Å²) >= 11 is 0. The fraction of sp³-hybridized carbons (Fsp3) is 0.588. The van der Waals surface area contributed by atoms with Crippen molar-refractivity contribution in [1.29, 1.82) is 0 Å². The van der Waals surface area contributed by atoms with Crippen molar-refractivity contribution >= 4 is 5.91 Å².